The van der Waals surface area contributed by atoms with Gasteiger partial charge in [0.2, 0.25) is 6.79 Å². The van der Waals surface area contributed by atoms with Gasteiger partial charge in [0.1, 0.15) is 23.5 Å². The van der Waals surface area contributed by atoms with Crippen LogP contribution in [-0.2, 0) is 0 Å². The molecule has 1 fully saturated rings. The summed E-state index contributed by atoms with van der Waals surface area (Å²) >= 11 is 0. The molecule has 1 atom stereocenters. The standard InChI is InChI=1S/C25H26N8O3/c1-2-10-32-11-4-5-15(12-32)33-24-19(23(26)28-13-29-24)20(31-33)16-7-8-17(22-21(16)35-14-36-22)30-25(34)18-6-3-9-27-18/h2-3,6-10,13,15,27H,4-5,11-12,14H2,1H3,(H,30,34)(H2,26,28,29)/t15-/m1/s1. The summed E-state index contributed by atoms with van der Waals surface area (Å²) in [5, 5.41) is 8.55. The maximum absolute atomic E-state index is 12.6. The van der Waals surface area contributed by atoms with Crippen LogP contribution in [0.4, 0.5) is 11.5 Å². The predicted octanol–water partition coefficient (Wildman–Crippen LogP) is 3.56. The van der Waals surface area contributed by atoms with Crippen LogP contribution in [0.2, 0.25) is 0 Å². The molecular formula is C25H26N8O3. The van der Waals surface area contributed by atoms with Crippen molar-refractivity contribution in [3.8, 4) is 22.8 Å². The van der Waals surface area contributed by atoms with E-state index in [0.717, 1.165) is 25.9 Å². The number of H-pyrrole nitrogens is 1. The normalized spacial score (nSPS) is 17.2. The number of allylic oxidation sites excluding steroid dienone is 1. The lowest BCUT2D eigenvalue weighted by molar-refractivity contribution is 0.102. The van der Waals surface area contributed by atoms with E-state index in [9.17, 15) is 4.79 Å². The van der Waals surface area contributed by atoms with Crippen LogP contribution >= 0.6 is 0 Å². The third kappa shape index (κ3) is 3.69. The molecule has 4 N–H and O–H groups in total. The van der Waals surface area contributed by atoms with Crippen LogP contribution in [0.5, 0.6) is 11.5 Å². The molecule has 11 heteroatoms. The first-order valence-electron chi connectivity index (χ1n) is 11.9. The average Bonchev–Trinajstić information content (AvgIpc) is 3.65. The molecule has 11 nitrogen and oxygen atoms in total. The molecule has 0 spiro atoms. The number of aromatic amines is 1. The Hall–Kier alpha value is -4.54. The fourth-order valence-corrected chi connectivity index (χ4v) is 4.91. The smallest absolute Gasteiger partial charge is 0.272 e. The number of likely N-dealkylation sites (tertiary alicyclic amines) is 1. The number of nitrogens with two attached hydrogens (primary N) is 1. The number of hydrogen-bond donors (Lipinski definition) is 3. The number of aromatic nitrogens is 5. The van der Waals surface area contributed by atoms with Gasteiger partial charge in [-0.25, -0.2) is 14.6 Å². The van der Waals surface area contributed by atoms with Crippen LogP contribution in [0, 0.1) is 0 Å². The lowest BCUT2D eigenvalue weighted by atomic mass is 10.1. The van der Waals surface area contributed by atoms with Gasteiger partial charge in [-0.2, -0.15) is 5.10 Å². The first-order chi connectivity index (χ1) is 17.6. The average molecular weight is 487 g/mol. The number of carbonyl (C=O) groups excluding carboxylic acids is 1. The van der Waals surface area contributed by atoms with E-state index in [2.05, 4.69) is 31.4 Å². The topological polar surface area (TPSA) is 136 Å². The fourth-order valence-electron chi connectivity index (χ4n) is 4.91. The van der Waals surface area contributed by atoms with Crippen molar-refractivity contribution < 1.29 is 14.3 Å². The number of nitrogens with one attached hydrogen (secondary N) is 2. The molecule has 4 aromatic rings. The van der Waals surface area contributed by atoms with Crippen LogP contribution < -0.4 is 20.5 Å². The van der Waals surface area contributed by atoms with E-state index in [1.807, 2.05) is 23.7 Å². The Balaban J connectivity index is 1.43. The zero-order chi connectivity index (χ0) is 24.6. The fraction of sp³-hybridized carbons (Fsp3) is 0.280. The number of rotatable bonds is 5. The molecular weight excluding hydrogens is 460 g/mol. The second-order valence-corrected chi connectivity index (χ2v) is 8.79. The molecule has 36 heavy (non-hydrogen) atoms. The Kier molecular flexibility index (Phi) is 5.44. The van der Waals surface area contributed by atoms with Gasteiger partial charge in [-0.15, -0.1) is 0 Å². The highest BCUT2D eigenvalue weighted by atomic mass is 16.7. The molecule has 5 heterocycles. The monoisotopic (exact) mass is 486 g/mol. The molecule has 184 valence electrons. The minimum Gasteiger partial charge on any atom is -0.453 e. The highest BCUT2D eigenvalue weighted by molar-refractivity contribution is 6.05. The number of nitrogens with zero attached hydrogens (tertiary/aromatic N) is 5. The van der Waals surface area contributed by atoms with Crippen LogP contribution in [0.3, 0.4) is 0 Å². The predicted molar refractivity (Wildman–Crippen MR) is 135 cm³/mol. The van der Waals surface area contributed by atoms with Crippen molar-refractivity contribution in [2.24, 2.45) is 0 Å². The third-order valence-electron chi connectivity index (χ3n) is 6.52. The number of benzene rings is 1. The van der Waals surface area contributed by atoms with Gasteiger partial charge in [-0.1, -0.05) is 6.08 Å². The Morgan fingerprint density at radius 2 is 2.14 bits per heavy atom. The van der Waals surface area contributed by atoms with Gasteiger partial charge < -0.3 is 30.4 Å². The zero-order valence-corrected chi connectivity index (χ0v) is 19.8. The minimum atomic E-state index is -0.277. The Bertz CT molecular complexity index is 1460. The van der Waals surface area contributed by atoms with Gasteiger partial charge in [0.05, 0.1) is 17.1 Å². The summed E-state index contributed by atoms with van der Waals surface area (Å²) < 4.78 is 13.6. The summed E-state index contributed by atoms with van der Waals surface area (Å²) in [7, 11) is 0. The van der Waals surface area contributed by atoms with Gasteiger partial charge in [0.15, 0.2) is 17.1 Å². The summed E-state index contributed by atoms with van der Waals surface area (Å²) in [5.41, 5.74) is 9.30. The van der Waals surface area contributed by atoms with Crippen molar-refractivity contribution in [2.45, 2.75) is 25.8 Å². The molecule has 6 rings (SSSR count). The lowest BCUT2D eigenvalue weighted by Crippen LogP contribution is -2.33. The maximum atomic E-state index is 12.6. The van der Waals surface area contributed by atoms with Crippen molar-refractivity contribution in [3.05, 3.63) is 54.8 Å². The lowest BCUT2D eigenvalue weighted by Gasteiger charge is -2.32. The Morgan fingerprint density at radius 3 is 2.97 bits per heavy atom. The third-order valence-corrected chi connectivity index (χ3v) is 6.52. The number of carbonyl (C=O) groups is 1. The highest BCUT2D eigenvalue weighted by Crippen LogP contribution is 2.48. The van der Waals surface area contributed by atoms with E-state index in [1.54, 1.807) is 24.4 Å². The Morgan fingerprint density at radius 1 is 1.25 bits per heavy atom. The molecule has 1 saturated heterocycles. The summed E-state index contributed by atoms with van der Waals surface area (Å²) in [4.78, 5) is 26.6. The Labute approximate surface area is 206 Å². The highest BCUT2D eigenvalue weighted by Gasteiger charge is 2.30. The second-order valence-electron chi connectivity index (χ2n) is 8.79. The van der Waals surface area contributed by atoms with Crippen molar-refractivity contribution in [1.29, 1.82) is 0 Å². The van der Waals surface area contributed by atoms with Crippen molar-refractivity contribution in [1.82, 2.24) is 29.6 Å². The zero-order valence-electron chi connectivity index (χ0n) is 19.8. The van der Waals surface area contributed by atoms with Crippen molar-refractivity contribution >= 4 is 28.4 Å². The van der Waals surface area contributed by atoms with E-state index in [1.165, 1.54) is 6.33 Å². The molecule has 0 unspecified atom stereocenters. The summed E-state index contributed by atoms with van der Waals surface area (Å²) in [6.45, 7) is 3.89. The molecule has 1 aromatic carbocycles. The molecule has 0 bridgehead atoms. The molecule has 0 aliphatic carbocycles. The van der Waals surface area contributed by atoms with Crippen molar-refractivity contribution in [2.75, 3.05) is 30.9 Å². The van der Waals surface area contributed by atoms with Crippen LogP contribution in [0.25, 0.3) is 22.3 Å². The summed E-state index contributed by atoms with van der Waals surface area (Å²) in [5.74, 6) is 1.01. The molecule has 0 radical (unpaired) electrons. The van der Waals surface area contributed by atoms with Crippen LogP contribution in [-0.4, -0.2) is 55.4 Å². The quantitative estimate of drug-likeness (QED) is 0.390. The van der Waals surface area contributed by atoms with E-state index >= 15 is 0 Å². The number of ether oxygens (including phenoxy) is 2. The first kappa shape index (κ1) is 22.0. The van der Waals surface area contributed by atoms with Gasteiger partial charge in [0, 0.05) is 24.8 Å². The van der Waals surface area contributed by atoms with Crippen LogP contribution in [0.1, 0.15) is 36.3 Å². The van der Waals surface area contributed by atoms with Crippen molar-refractivity contribution in [3.63, 3.8) is 0 Å². The number of amides is 1. The first-order valence-corrected chi connectivity index (χ1v) is 11.9. The maximum Gasteiger partial charge on any atom is 0.272 e. The molecule has 2 aliphatic rings. The molecule has 2 aliphatic heterocycles. The largest absolute Gasteiger partial charge is 0.453 e. The van der Waals surface area contributed by atoms with Gasteiger partial charge in [0.25, 0.3) is 5.91 Å². The van der Waals surface area contributed by atoms with E-state index in [-0.39, 0.29) is 18.7 Å². The number of fused-ring (bicyclic) bond motifs is 2. The summed E-state index contributed by atoms with van der Waals surface area (Å²) in [6.07, 6.45) is 9.35. The van der Waals surface area contributed by atoms with Gasteiger partial charge >= 0.3 is 0 Å². The van der Waals surface area contributed by atoms with E-state index < -0.39 is 0 Å². The number of anilines is 2. The van der Waals surface area contributed by atoms with Crippen LogP contribution in [0.15, 0.2) is 49.1 Å². The SMILES string of the molecule is CC=CN1CCC[C@@H](n2nc(-c3ccc(NC(=O)c4ccc[nH]4)c4c3OCO4)c3c(N)ncnc32)C1. The van der Waals surface area contributed by atoms with E-state index in [4.69, 9.17) is 20.3 Å². The number of nitrogen functional groups attached to an aromatic ring is 1. The molecule has 0 saturated carbocycles. The van der Waals surface area contributed by atoms with Gasteiger partial charge in [-0.05, 0) is 50.2 Å². The van der Waals surface area contributed by atoms with Gasteiger partial charge in [-0.3, -0.25) is 4.79 Å². The van der Waals surface area contributed by atoms with E-state index in [0.29, 0.717) is 51.0 Å². The number of piperidine rings is 1. The summed E-state index contributed by atoms with van der Waals surface area (Å²) in [6, 6.07) is 7.22. The molecule has 1 amide bonds. The molecule has 3 aromatic heterocycles. The second kappa shape index (κ2) is 8.91. The minimum absolute atomic E-state index is 0.0310. The number of hydrogen-bond acceptors (Lipinski definition) is 8.